The zero-order valence-corrected chi connectivity index (χ0v) is 7.68. The molecular formula is C5H16NOSi+. The van der Waals surface area contributed by atoms with E-state index in [9.17, 15) is 0 Å². The van der Waals surface area contributed by atoms with Gasteiger partial charge in [0.1, 0.15) is 0 Å². The van der Waals surface area contributed by atoms with Crippen LogP contribution in [0.3, 0.4) is 0 Å². The molecule has 0 heterocycles. The van der Waals surface area contributed by atoms with Crippen LogP contribution in [0.2, 0.25) is 0 Å². The molecule has 0 saturated heterocycles. The summed E-state index contributed by atoms with van der Waals surface area (Å²) >= 11 is 0. The van der Waals surface area contributed by atoms with E-state index < -0.39 is 0 Å². The second-order valence-corrected chi connectivity index (χ2v) is 5.48. The maximum Gasteiger partial charge on any atom is 0.405 e. The van der Waals surface area contributed by atoms with Gasteiger partial charge in [0.25, 0.3) is 0 Å². The lowest BCUT2D eigenvalue weighted by Crippen LogP contribution is -2.40. The van der Waals surface area contributed by atoms with E-state index in [-0.39, 0.29) is 9.92 Å². The summed E-state index contributed by atoms with van der Waals surface area (Å²) in [6, 6.07) is 0. The highest BCUT2D eigenvalue weighted by Crippen LogP contribution is 1.84. The molecule has 0 atom stereocenters. The van der Waals surface area contributed by atoms with Crippen LogP contribution in [0.25, 0.3) is 0 Å². The molecule has 0 fully saturated rings. The van der Waals surface area contributed by atoms with Gasteiger partial charge in [-0.05, 0) is 6.92 Å². The zero-order chi connectivity index (χ0) is 6.62. The van der Waals surface area contributed by atoms with Crippen LogP contribution in [-0.2, 0) is 4.43 Å². The fraction of sp³-hybridized carbons (Fsp3) is 1.00. The Morgan fingerprint density at radius 3 is 2.00 bits per heavy atom. The summed E-state index contributed by atoms with van der Waals surface area (Å²) in [6.07, 6.45) is 0. The van der Waals surface area contributed by atoms with E-state index >= 15 is 0 Å². The van der Waals surface area contributed by atoms with Crippen LogP contribution in [0.4, 0.5) is 0 Å². The maximum absolute atomic E-state index is 5.31. The van der Waals surface area contributed by atoms with E-state index in [2.05, 4.69) is 21.1 Å². The molecule has 50 valence electrons. The monoisotopic (exact) mass is 134 g/mol. The highest BCUT2D eigenvalue weighted by molar-refractivity contribution is 6.16. The van der Waals surface area contributed by atoms with Crippen molar-refractivity contribution in [3.8, 4) is 0 Å². The van der Waals surface area contributed by atoms with Crippen LogP contribution < -0.4 is 0 Å². The van der Waals surface area contributed by atoms with Crippen molar-refractivity contribution in [1.29, 1.82) is 0 Å². The van der Waals surface area contributed by atoms with Gasteiger partial charge in [-0.25, -0.2) is 0 Å². The van der Waals surface area contributed by atoms with Gasteiger partial charge in [0.2, 0.25) is 0 Å². The molecule has 0 aromatic heterocycles. The molecule has 0 amide bonds. The summed E-state index contributed by atoms with van der Waals surface area (Å²) in [6.45, 7) is 2.92. The smallest absolute Gasteiger partial charge is 0.375 e. The number of nitrogens with zero attached hydrogens (tertiary/aromatic N) is 1. The lowest BCUT2D eigenvalue weighted by atomic mass is 10.9. The van der Waals surface area contributed by atoms with Crippen LogP contribution >= 0.6 is 0 Å². The van der Waals surface area contributed by atoms with Crippen LogP contribution in [0.5, 0.6) is 0 Å². The van der Waals surface area contributed by atoms with E-state index in [4.69, 9.17) is 4.43 Å². The van der Waals surface area contributed by atoms with Gasteiger partial charge in [0.05, 0.1) is 21.1 Å². The fourth-order valence-corrected chi connectivity index (χ4v) is 1.10. The molecule has 0 aromatic rings. The lowest BCUT2D eigenvalue weighted by Gasteiger charge is -2.23. The second kappa shape index (κ2) is 3.22. The topological polar surface area (TPSA) is 9.23 Å². The second-order valence-electron chi connectivity index (χ2n) is 2.91. The highest BCUT2D eigenvalue weighted by atomic mass is 28.2. The molecule has 0 rings (SSSR count). The van der Waals surface area contributed by atoms with E-state index in [0.717, 1.165) is 10.8 Å². The summed E-state index contributed by atoms with van der Waals surface area (Å²) in [5.41, 5.74) is 0. The molecule has 0 aromatic carbocycles. The van der Waals surface area contributed by atoms with Crippen molar-refractivity contribution in [2.24, 2.45) is 0 Å². The van der Waals surface area contributed by atoms with Gasteiger partial charge in [0, 0.05) is 6.61 Å². The van der Waals surface area contributed by atoms with Gasteiger partial charge in [-0.2, -0.15) is 0 Å². The molecule has 0 radical (unpaired) electrons. The molecule has 0 aliphatic heterocycles. The Balaban J connectivity index is 3.11. The molecular weight excluding hydrogens is 118 g/mol. The molecule has 8 heavy (non-hydrogen) atoms. The molecule has 0 saturated carbocycles. The molecule has 3 heteroatoms. The Hall–Kier alpha value is 0.137. The van der Waals surface area contributed by atoms with Gasteiger partial charge < -0.3 is 8.57 Å². The summed E-state index contributed by atoms with van der Waals surface area (Å²) in [4.78, 5) is 0. The Kier molecular flexibility index (Phi) is 3.27. The molecule has 0 N–H and O–H groups in total. The van der Waals surface area contributed by atoms with Crippen LogP contribution in [-0.4, -0.2) is 41.8 Å². The van der Waals surface area contributed by atoms with E-state index in [1.807, 2.05) is 6.92 Å². The zero-order valence-electron chi connectivity index (χ0n) is 6.27. The standard InChI is InChI=1S/C5H16NOSi/c1-5-7-8-6(2,3)4/h5,8H2,1-4H3/q+1. The Morgan fingerprint density at radius 2 is 1.88 bits per heavy atom. The molecule has 0 bridgehead atoms. The molecule has 2 nitrogen and oxygen atoms in total. The minimum Gasteiger partial charge on any atom is -0.375 e. The normalized spacial score (nSPS) is 13.5. The minimum atomic E-state index is -0.313. The predicted octanol–water partition coefficient (Wildman–Crippen LogP) is -0.272. The van der Waals surface area contributed by atoms with E-state index in [1.54, 1.807) is 0 Å². The molecule has 0 aliphatic rings. The first-order chi connectivity index (χ1) is 3.56. The number of quaternary nitrogens is 1. The van der Waals surface area contributed by atoms with Crippen molar-refractivity contribution in [3.05, 3.63) is 0 Å². The highest BCUT2D eigenvalue weighted by Gasteiger charge is 2.05. The lowest BCUT2D eigenvalue weighted by molar-refractivity contribution is -0.763. The van der Waals surface area contributed by atoms with E-state index in [1.165, 1.54) is 0 Å². The number of hydrogen-bond acceptors (Lipinski definition) is 1. The van der Waals surface area contributed by atoms with Crippen molar-refractivity contribution in [1.82, 2.24) is 0 Å². The van der Waals surface area contributed by atoms with E-state index in [0.29, 0.717) is 0 Å². The van der Waals surface area contributed by atoms with Crippen LogP contribution in [0.1, 0.15) is 6.92 Å². The Morgan fingerprint density at radius 1 is 1.38 bits per heavy atom. The average molecular weight is 134 g/mol. The number of hydrogen-bond donors (Lipinski definition) is 0. The summed E-state index contributed by atoms with van der Waals surface area (Å²) in [5.74, 6) is 0. The predicted molar refractivity (Wildman–Crippen MR) is 38.2 cm³/mol. The first-order valence-electron chi connectivity index (χ1n) is 2.94. The third kappa shape index (κ3) is 6.14. The van der Waals surface area contributed by atoms with Crippen molar-refractivity contribution in [3.63, 3.8) is 0 Å². The summed E-state index contributed by atoms with van der Waals surface area (Å²) in [5, 5.41) is 0. The van der Waals surface area contributed by atoms with Gasteiger partial charge in [-0.3, -0.25) is 0 Å². The SMILES string of the molecule is CCO[SiH2][N+](C)(C)C. The fourth-order valence-electron chi connectivity index (χ4n) is 0.365. The third-order valence-electron chi connectivity index (χ3n) is 0.683. The first-order valence-corrected chi connectivity index (χ1v) is 4.15. The molecule has 0 spiro atoms. The van der Waals surface area contributed by atoms with Gasteiger partial charge in [-0.15, -0.1) is 0 Å². The van der Waals surface area contributed by atoms with Gasteiger partial charge in [-0.1, -0.05) is 0 Å². The summed E-state index contributed by atoms with van der Waals surface area (Å²) < 4.78 is 6.33. The summed E-state index contributed by atoms with van der Waals surface area (Å²) in [7, 11) is 6.19. The van der Waals surface area contributed by atoms with Crippen molar-refractivity contribution < 1.29 is 8.57 Å². The van der Waals surface area contributed by atoms with Crippen molar-refractivity contribution in [2.45, 2.75) is 6.92 Å². The Labute approximate surface area is 54.1 Å². The average Bonchev–Trinajstić information content (AvgIpc) is 1.59. The van der Waals surface area contributed by atoms with Gasteiger partial charge in [0.15, 0.2) is 0 Å². The molecule has 0 aliphatic carbocycles. The first kappa shape index (κ1) is 8.14. The largest absolute Gasteiger partial charge is 0.405 e. The Bertz CT molecular complexity index is 59.9. The third-order valence-corrected chi connectivity index (χ3v) is 2.05. The minimum absolute atomic E-state index is 0.313. The van der Waals surface area contributed by atoms with Crippen molar-refractivity contribution >= 4 is 9.92 Å². The van der Waals surface area contributed by atoms with Crippen LogP contribution in [0.15, 0.2) is 0 Å². The number of rotatable bonds is 3. The van der Waals surface area contributed by atoms with Gasteiger partial charge >= 0.3 is 9.92 Å². The quantitative estimate of drug-likeness (QED) is 0.483. The van der Waals surface area contributed by atoms with Crippen molar-refractivity contribution in [2.75, 3.05) is 27.7 Å². The maximum atomic E-state index is 5.31. The molecule has 0 unspecified atom stereocenters. The van der Waals surface area contributed by atoms with Crippen LogP contribution in [0, 0.1) is 0 Å².